The molecule has 0 saturated heterocycles. The molecule has 1 amide bonds. The van der Waals surface area contributed by atoms with Crippen molar-refractivity contribution in [2.24, 2.45) is 0 Å². The van der Waals surface area contributed by atoms with Gasteiger partial charge in [0.2, 0.25) is 0 Å². The lowest BCUT2D eigenvalue weighted by Gasteiger charge is -2.27. The summed E-state index contributed by atoms with van der Waals surface area (Å²) in [5, 5.41) is 10.2. The number of carbonyl (C=O) groups excluding carboxylic acids is 1. The van der Waals surface area contributed by atoms with Gasteiger partial charge < -0.3 is 14.5 Å². The van der Waals surface area contributed by atoms with Gasteiger partial charge in [0.25, 0.3) is 5.91 Å². The van der Waals surface area contributed by atoms with Crippen LogP contribution in [-0.4, -0.2) is 37.1 Å². The Morgan fingerprint density at radius 1 is 1.04 bits per heavy atom. The van der Waals surface area contributed by atoms with E-state index in [1.165, 1.54) is 0 Å². The van der Waals surface area contributed by atoms with Gasteiger partial charge in [-0.1, -0.05) is 41.9 Å². The molecule has 0 aliphatic carbocycles. The summed E-state index contributed by atoms with van der Waals surface area (Å²) in [6.07, 6.45) is 0. The number of hydrogen-bond acceptors (Lipinski definition) is 3. The smallest absolute Gasteiger partial charge is 0.270 e. The van der Waals surface area contributed by atoms with Crippen LogP contribution >= 0.6 is 11.6 Å². The van der Waals surface area contributed by atoms with Crippen molar-refractivity contribution in [3.8, 4) is 11.4 Å². The second-order valence-electron chi connectivity index (χ2n) is 6.60. The van der Waals surface area contributed by atoms with Gasteiger partial charge in [-0.05, 0) is 24.3 Å². The van der Waals surface area contributed by atoms with Crippen LogP contribution in [0.5, 0.6) is 0 Å². The fraction of sp³-hybridized carbons (Fsp3) is 0.150. The largest absolute Gasteiger partial charge is 0.351 e. The minimum Gasteiger partial charge on any atom is -0.351 e. The predicted molar refractivity (Wildman–Crippen MR) is 104 cm³/mol. The van der Waals surface area contributed by atoms with Crippen molar-refractivity contribution in [3.05, 3.63) is 71.1 Å². The molecule has 3 heterocycles. The van der Waals surface area contributed by atoms with E-state index < -0.39 is 0 Å². The van der Waals surface area contributed by atoms with Gasteiger partial charge in [0.1, 0.15) is 5.69 Å². The lowest BCUT2D eigenvalue weighted by atomic mass is 10.2. The molecule has 1 aliphatic rings. The van der Waals surface area contributed by atoms with Crippen LogP contribution in [0.25, 0.3) is 22.3 Å². The highest BCUT2D eigenvalue weighted by atomic mass is 35.5. The summed E-state index contributed by atoms with van der Waals surface area (Å²) in [6, 6.07) is 17.4. The number of amides is 1. The molecule has 0 fully saturated rings. The Bertz CT molecular complexity index is 1150. The number of fused-ring (bicyclic) bond motifs is 2. The van der Waals surface area contributed by atoms with Gasteiger partial charge in [0.05, 0.1) is 6.54 Å². The zero-order valence-corrected chi connectivity index (χ0v) is 15.1. The molecule has 5 rings (SSSR count). The van der Waals surface area contributed by atoms with Crippen molar-refractivity contribution in [2.75, 3.05) is 6.54 Å². The third-order valence-corrected chi connectivity index (χ3v) is 5.12. The molecule has 134 valence electrons. The fourth-order valence-electron chi connectivity index (χ4n) is 3.52. The first-order chi connectivity index (χ1) is 13.2. The number of hydrogen-bond donors (Lipinski definition) is 1. The zero-order chi connectivity index (χ0) is 18.4. The number of carbonyl (C=O) groups is 1. The highest BCUT2D eigenvalue weighted by Crippen LogP contribution is 2.24. The third kappa shape index (κ3) is 2.78. The monoisotopic (exact) mass is 377 g/mol. The van der Waals surface area contributed by atoms with E-state index in [-0.39, 0.29) is 5.91 Å². The van der Waals surface area contributed by atoms with Crippen LogP contribution < -0.4 is 0 Å². The summed E-state index contributed by atoms with van der Waals surface area (Å²) in [7, 11) is 0. The fourth-order valence-corrected chi connectivity index (χ4v) is 3.70. The van der Waals surface area contributed by atoms with Crippen molar-refractivity contribution in [1.29, 1.82) is 0 Å². The predicted octanol–water partition coefficient (Wildman–Crippen LogP) is 3.74. The average Bonchev–Trinajstić information content (AvgIpc) is 3.31. The van der Waals surface area contributed by atoms with E-state index in [0.717, 1.165) is 28.1 Å². The van der Waals surface area contributed by atoms with Crippen molar-refractivity contribution in [3.63, 3.8) is 0 Å². The van der Waals surface area contributed by atoms with Gasteiger partial charge >= 0.3 is 0 Å². The van der Waals surface area contributed by atoms with Crippen LogP contribution in [0.3, 0.4) is 0 Å². The Kier molecular flexibility index (Phi) is 3.72. The Labute approximate surface area is 160 Å². The van der Waals surface area contributed by atoms with Gasteiger partial charge in [-0.15, -0.1) is 10.2 Å². The molecule has 0 atom stereocenters. The maximum atomic E-state index is 12.9. The van der Waals surface area contributed by atoms with Crippen LogP contribution in [0.2, 0.25) is 5.02 Å². The second kappa shape index (κ2) is 6.25. The summed E-state index contributed by atoms with van der Waals surface area (Å²) in [6.45, 7) is 1.72. The molecule has 6 nitrogen and oxygen atoms in total. The summed E-state index contributed by atoms with van der Waals surface area (Å²) in [5.74, 6) is 1.60. The Morgan fingerprint density at radius 3 is 2.74 bits per heavy atom. The quantitative estimate of drug-likeness (QED) is 0.578. The number of rotatable bonds is 2. The molecule has 0 radical (unpaired) electrons. The molecule has 1 aliphatic heterocycles. The molecule has 0 spiro atoms. The van der Waals surface area contributed by atoms with Crippen LogP contribution in [-0.2, 0) is 13.1 Å². The zero-order valence-electron chi connectivity index (χ0n) is 14.4. The molecular weight excluding hydrogens is 362 g/mol. The minimum atomic E-state index is -0.0437. The van der Waals surface area contributed by atoms with Gasteiger partial charge in [0, 0.05) is 34.6 Å². The molecule has 4 aromatic rings. The topological polar surface area (TPSA) is 66.8 Å². The van der Waals surface area contributed by atoms with Crippen LogP contribution in [0, 0.1) is 0 Å². The number of nitrogens with zero attached hydrogens (tertiary/aromatic N) is 4. The van der Waals surface area contributed by atoms with E-state index in [4.69, 9.17) is 11.6 Å². The van der Waals surface area contributed by atoms with Gasteiger partial charge in [-0.3, -0.25) is 4.79 Å². The summed E-state index contributed by atoms with van der Waals surface area (Å²) in [5.41, 5.74) is 2.49. The van der Waals surface area contributed by atoms with E-state index in [9.17, 15) is 4.79 Å². The Balaban J connectivity index is 1.42. The minimum absolute atomic E-state index is 0.0437. The first kappa shape index (κ1) is 16.1. The lowest BCUT2D eigenvalue weighted by molar-refractivity contribution is 0.0703. The first-order valence-corrected chi connectivity index (χ1v) is 9.12. The Hall–Kier alpha value is -3.12. The molecule has 0 saturated carbocycles. The summed E-state index contributed by atoms with van der Waals surface area (Å²) < 4.78 is 2.09. The van der Waals surface area contributed by atoms with E-state index in [1.807, 2.05) is 54.6 Å². The highest BCUT2D eigenvalue weighted by Gasteiger charge is 2.26. The van der Waals surface area contributed by atoms with Crippen molar-refractivity contribution >= 4 is 28.4 Å². The molecule has 27 heavy (non-hydrogen) atoms. The normalized spacial score (nSPS) is 13.7. The van der Waals surface area contributed by atoms with Gasteiger partial charge in [-0.25, -0.2) is 0 Å². The standard InChI is InChI=1S/C20H16ClN5O/c21-15-6-7-16-14(10-15)11-17(22-16)20(27)25-8-9-26-18(12-25)23-24-19(26)13-4-2-1-3-5-13/h1-7,10-11,22H,8-9,12H2. The molecule has 2 aromatic carbocycles. The number of H-pyrrole nitrogens is 1. The number of benzene rings is 2. The van der Waals surface area contributed by atoms with Crippen LogP contribution in [0.15, 0.2) is 54.6 Å². The molecule has 0 bridgehead atoms. The number of nitrogens with one attached hydrogen (secondary N) is 1. The number of halogens is 1. The number of aromatic nitrogens is 4. The molecule has 0 unspecified atom stereocenters. The van der Waals surface area contributed by atoms with Crippen molar-refractivity contribution in [2.45, 2.75) is 13.1 Å². The van der Waals surface area contributed by atoms with Crippen molar-refractivity contribution in [1.82, 2.24) is 24.6 Å². The highest BCUT2D eigenvalue weighted by molar-refractivity contribution is 6.31. The molecule has 1 N–H and O–H groups in total. The lowest BCUT2D eigenvalue weighted by Crippen LogP contribution is -2.38. The molecular formula is C20H16ClN5O. The SMILES string of the molecule is O=C(c1cc2cc(Cl)ccc2[nH]1)N1CCn2c(nnc2-c2ccccc2)C1. The van der Waals surface area contributed by atoms with E-state index in [2.05, 4.69) is 19.7 Å². The van der Waals surface area contributed by atoms with Crippen LogP contribution in [0.4, 0.5) is 0 Å². The van der Waals surface area contributed by atoms with E-state index >= 15 is 0 Å². The maximum Gasteiger partial charge on any atom is 0.270 e. The van der Waals surface area contributed by atoms with Gasteiger partial charge in [-0.2, -0.15) is 0 Å². The van der Waals surface area contributed by atoms with Gasteiger partial charge in [0.15, 0.2) is 11.6 Å². The van der Waals surface area contributed by atoms with E-state index in [0.29, 0.717) is 30.4 Å². The Morgan fingerprint density at radius 2 is 1.89 bits per heavy atom. The molecule has 2 aromatic heterocycles. The first-order valence-electron chi connectivity index (χ1n) is 8.74. The average molecular weight is 378 g/mol. The van der Waals surface area contributed by atoms with Crippen LogP contribution in [0.1, 0.15) is 16.3 Å². The summed E-state index contributed by atoms with van der Waals surface area (Å²) in [4.78, 5) is 17.9. The second-order valence-corrected chi connectivity index (χ2v) is 7.04. The molecule has 7 heteroatoms. The summed E-state index contributed by atoms with van der Waals surface area (Å²) >= 11 is 6.04. The third-order valence-electron chi connectivity index (χ3n) is 4.89. The number of aromatic amines is 1. The maximum absolute atomic E-state index is 12.9. The van der Waals surface area contributed by atoms with Crippen molar-refractivity contribution < 1.29 is 4.79 Å². The van der Waals surface area contributed by atoms with E-state index in [1.54, 1.807) is 4.90 Å².